The molecule has 4 nitrogen and oxygen atoms in total. The summed E-state index contributed by atoms with van der Waals surface area (Å²) < 4.78 is 2.00. The number of rotatable bonds is 3. The van der Waals surface area contributed by atoms with Crippen LogP contribution in [-0.4, -0.2) is 16.3 Å². The van der Waals surface area contributed by atoms with Gasteiger partial charge < -0.3 is 9.88 Å². The van der Waals surface area contributed by atoms with Crippen LogP contribution in [0.4, 0.5) is 0 Å². The highest BCUT2D eigenvalue weighted by Gasteiger charge is 2.28. The van der Waals surface area contributed by atoms with Gasteiger partial charge in [0.25, 0.3) is 5.91 Å². The second kappa shape index (κ2) is 4.90. The number of carbonyl (C=O) groups is 2. The Kier molecular flexibility index (Phi) is 3.22. The zero-order chi connectivity index (χ0) is 14.3. The van der Waals surface area contributed by atoms with Crippen molar-refractivity contribution in [3.8, 4) is 5.69 Å². The minimum Gasteiger partial charge on any atom is -0.343 e. The van der Waals surface area contributed by atoms with E-state index in [9.17, 15) is 9.59 Å². The first-order valence-electron chi connectivity index (χ1n) is 6.66. The average Bonchev–Trinajstić information content (AvgIpc) is 3.04. The van der Waals surface area contributed by atoms with Crippen LogP contribution in [0.5, 0.6) is 0 Å². The summed E-state index contributed by atoms with van der Waals surface area (Å²) in [7, 11) is 0. The summed E-state index contributed by atoms with van der Waals surface area (Å²) >= 11 is 1.42. The number of carbonyl (C=O) groups excluding carboxylic acids is 2. The lowest BCUT2D eigenvalue weighted by Crippen LogP contribution is -2.29. The Labute approximate surface area is 121 Å². The van der Waals surface area contributed by atoms with Gasteiger partial charge in [0.15, 0.2) is 0 Å². The molecule has 1 amide bonds. The second-order valence-electron chi connectivity index (χ2n) is 5.29. The van der Waals surface area contributed by atoms with Crippen molar-refractivity contribution in [2.75, 3.05) is 0 Å². The molecule has 5 heteroatoms. The van der Waals surface area contributed by atoms with Crippen LogP contribution in [0.15, 0.2) is 29.8 Å². The van der Waals surface area contributed by atoms with Gasteiger partial charge in [0.05, 0.1) is 11.7 Å². The Hall–Kier alpha value is -1.88. The molecule has 20 heavy (non-hydrogen) atoms. The van der Waals surface area contributed by atoms with E-state index in [0.29, 0.717) is 11.3 Å². The zero-order valence-electron chi connectivity index (χ0n) is 11.4. The lowest BCUT2D eigenvalue weighted by Gasteiger charge is -2.17. The van der Waals surface area contributed by atoms with Gasteiger partial charge in [-0.1, -0.05) is 13.8 Å². The van der Waals surface area contributed by atoms with E-state index < -0.39 is 0 Å². The summed E-state index contributed by atoms with van der Waals surface area (Å²) in [5, 5.41) is 4.89. The molecule has 1 atom stereocenters. The van der Waals surface area contributed by atoms with Gasteiger partial charge in [-0.05, 0) is 23.6 Å². The molecule has 0 saturated heterocycles. The molecule has 3 heterocycles. The maximum Gasteiger partial charge on any atom is 0.264 e. The monoisotopic (exact) mass is 288 g/mol. The summed E-state index contributed by atoms with van der Waals surface area (Å²) in [5.41, 5.74) is 1.86. The molecule has 2 aromatic rings. The van der Waals surface area contributed by atoms with E-state index in [1.807, 2.05) is 48.2 Å². The average molecular weight is 288 g/mol. The topological polar surface area (TPSA) is 51.1 Å². The predicted molar refractivity (Wildman–Crippen MR) is 78.3 cm³/mol. The van der Waals surface area contributed by atoms with Crippen molar-refractivity contribution in [2.45, 2.75) is 26.3 Å². The van der Waals surface area contributed by atoms with E-state index in [2.05, 4.69) is 5.32 Å². The first-order valence-corrected chi connectivity index (χ1v) is 7.54. The Morgan fingerprint density at radius 1 is 1.45 bits per heavy atom. The van der Waals surface area contributed by atoms with Gasteiger partial charge in [0, 0.05) is 24.2 Å². The van der Waals surface area contributed by atoms with E-state index in [0.717, 1.165) is 11.4 Å². The number of ketones is 1. The fourth-order valence-corrected chi connectivity index (χ4v) is 3.24. The summed E-state index contributed by atoms with van der Waals surface area (Å²) in [6.07, 6.45) is 2.27. The van der Waals surface area contributed by atoms with Crippen LogP contribution in [0.1, 0.15) is 41.7 Å². The fraction of sp³-hybridized carbons (Fsp3) is 0.333. The predicted octanol–water partition coefficient (Wildman–Crippen LogP) is 2.94. The number of nitrogens with zero attached hydrogens (tertiary/aromatic N) is 1. The van der Waals surface area contributed by atoms with Crippen LogP contribution in [-0.2, 0) is 4.79 Å². The molecule has 1 N–H and O–H groups in total. The third-order valence-electron chi connectivity index (χ3n) is 3.60. The van der Waals surface area contributed by atoms with Crippen LogP contribution >= 0.6 is 11.3 Å². The fourth-order valence-electron chi connectivity index (χ4n) is 2.45. The molecule has 104 valence electrons. The number of hydrogen-bond acceptors (Lipinski definition) is 3. The molecule has 0 spiro atoms. The first-order chi connectivity index (χ1) is 9.58. The van der Waals surface area contributed by atoms with Crippen LogP contribution in [0.2, 0.25) is 0 Å². The van der Waals surface area contributed by atoms with Gasteiger partial charge in [-0.25, -0.2) is 0 Å². The number of thiophene rings is 1. The Morgan fingerprint density at radius 2 is 2.25 bits per heavy atom. The molecular formula is C15H16N2O2S. The van der Waals surface area contributed by atoms with Crippen molar-refractivity contribution in [2.24, 2.45) is 5.92 Å². The molecule has 0 saturated carbocycles. The van der Waals surface area contributed by atoms with E-state index in [1.165, 1.54) is 11.3 Å². The summed E-state index contributed by atoms with van der Waals surface area (Å²) in [6, 6.07) is 5.59. The van der Waals surface area contributed by atoms with Gasteiger partial charge in [-0.15, -0.1) is 11.3 Å². The van der Waals surface area contributed by atoms with Gasteiger partial charge in [0.2, 0.25) is 0 Å². The molecule has 0 aromatic carbocycles. The highest BCUT2D eigenvalue weighted by atomic mass is 32.1. The quantitative estimate of drug-likeness (QED) is 0.944. The SMILES string of the molecule is CC(C)C(=O)CC1NC(=O)c2sccc2-n2cccc21. The Morgan fingerprint density at radius 3 is 3.00 bits per heavy atom. The molecule has 1 aliphatic rings. The molecule has 1 aliphatic heterocycles. The number of Topliss-reactive ketones (excluding diaryl/α,β-unsaturated/α-hetero) is 1. The minimum atomic E-state index is -0.257. The van der Waals surface area contributed by atoms with E-state index >= 15 is 0 Å². The third kappa shape index (κ3) is 2.08. The van der Waals surface area contributed by atoms with Gasteiger partial charge in [0.1, 0.15) is 10.7 Å². The highest BCUT2D eigenvalue weighted by Crippen LogP contribution is 2.31. The van der Waals surface area contributed by atoms with Crippen molar-refractivity contribution < 1.29 is 9.59 Å². The first kappa shape index (κ1) is 13.1. The van der Waals surface area contributed by atoms with Crippen LogP contribution in [0.3, 0.4) is 0 Å². The van der Waals surface area contributed by atoms with Crippen LogP contribution < -0.4 is 5.32 Å². The third-order valence-corrected chi connectivity index (χ3v) is 4.50. The maximum absolute atomic E-state index is 12.3. The summed E-state index contributed by atoms with van der Waals surface area (Å²) in [4.78, 5) is 25.0. The normalized spacial score (nSPS) is 17.4. The second-order valence-corrected chi connectivity index (χ2v) is 6.21. The highest BCUT2D eigenvalue weighted by molar-refractivity contribution is 7.12. The number of aromatic nitrogens is 1. The van der Waals surface area contributed by atoms with Gasteiger partial charge in [-0.2, -0.15) is 0 Å². The van der Waals surface area contributed by atoms with Crippen molar-refractivity contribution in [3.63, 3.8) is 0 Å². The maximum atomic E-state index is 12.3. The molecule has 3 rings (SSSR count). The molecule has 0 fully saturated rings. The minimum absolute atomic E-state index is 0.0207. The largest absolute Gasteiger partial charge is 0.343 e. The smallest absolute Gasteiger partial charge is 0.264 e. The van der Waals surface area contributed by atoms with Gasteiger partial charge in [-0.3, -0.25) is 9.59 Å². The van der Waals surface area contributed by atoms with Gasteiger partial charge >= 0.3 is 0 Å². The van der Waals surface area contributed by atoms with E-state index in [4.69, 9.17) is 0 Å². The van der Waals surface area contributed by atoms with Crippen molar-refractivity contribution in [1.29, 1.82) is 0 Å². The summed E-state index contributed by atoms with van der Waals surface area (Å²) in [6.45, 7) is 3.77. The Balaban J connectivity index is 2.02. The molecule has 0 aliphatic carbocycles. The lowest BCUT2D eigenvalue weighted by molar-refractivity contribution is -0.122. The lowest BCUT2D eigenvalue weighted by atomic mass is 9.99. The van der Waals surface area contributed by atoms with Crippen LogP contribution in [0, 0.1) is 5.92 Å². The van der Waals surface area contributed by atoms with Crippen LogP contribution in [0.25, 0.3) is 5.69 Å². The molecular weight excluding hydrogens is 272 g/mol. The zero-order valence-corrected chi connectivity index (χ0v) is 12.2. The summed E-state index contributed by atoms with van der Waals surface area (Å²) in [5.74, 6) is 0.0428. The van der Waals surface area contributed by atoms with E-state index in [-0.39, 0.29) is 23.7 Å². The number of fused-ring (bicyclic) bond motifs is 3. The van der Waals surface area contributed by atoms with E-state index in [1.54, 1.807) is 0 Å². The van der Waals surface area contributed by atoms with Crippen molar-refractivity contribution in [1.82, 2.24) is 9.88 Å². The molecule has 2 aromatic heterocycles. The standard InChI is InChI=1S/C15H16N2O2S/c1-9(2)13(18)8-10-11-4-3-6-17(11)12-5-7-20-14(12)15(19)16-10/h3-7,9-10H,8H2,1-2H3,(H,16,19). The molecule has 1 unspecified atom stereocenters. The molecule has 0 bridgehead atoms. The number of hydrogen-bond donors (Lipinski definition) is 1. The number of amides is 1. The molecule has 0 radical (unpaired) electrons. The van der Waals surface area contributed by atoms with Crippen molar-refractivity contribution in [3.05, 3.63) is 40.3 Å². The van der Waals surface area contributed by atoms with Crippen molar-refractivity contribution >= 4 is 23.0 Å². The number of nitrogens with one attached hydrogen (secondary N) is 1. The Bertz CT molecular complexity index is 669.